The van der Waals surface area contributed by atoms with E-state index in [1.165, 1.54) is 0 Å². The molecule has 0 spiro atoms. The second kappa shape index (κ2) is 9.89. The van der Waals surface area contributed by atoms with Gasteiger partial charge in [-0.25, -0.2) is 14.6 Å². The van der Waals surface area contributed by atoms with Gasteiger partial charge in [-0.05, 0) is 41.8 Å². The number of amides is 1. The van der Waals surface area contributed by atoms with Crippen LogP contribution >= 0.6 is 0 Å². The molecule has 0 atom stereocenters. The minimum absolute atomic E-state index is 0.0860. The van der Waals surface area contributed by atoms with Crippen LogP contribution < -0.4 is 4.90 Å². The lowest BCUT2D eigenvalue weighted by Crippen LogP contribution is -2.49. The lowest BCUT2D eigenvalue weighted by Gasteiger charge is -2.36. The summed E-state index contributed by atoms with van der Waals surface area (Å²) in [5.41, 5.74) is 3.49. The Kier molecular flexibility index (Phi) is 6.27. The Morgan fingerprint density at radius 3 is 2.34 bits per heavy atom. The molecule has 3 heterocycles. The number of carbonyl (C=O) groups excluding carboxylic acids is 1. The Labute approximate surface area is 222 Å². The highest BCUT2D eigenvalue weighted by atomic mass is 16.2. The van der Waals surface area contributed by atoms with Gasteiger partial charge in [-0.3, -0.25) is 4.79 Å². The Bertz CT molecular complexity index is 1610. The van der Waals surface area contributed by atoms with Crippen molar-refractivity contribution in [3.8, 4) is 5.69 Å². The van der Waals surface area contributed by atoms with Gasteiger partial charge in [0, 0.05) is 38.2 Å². The molecular formula is C31H32N6O. The van der Waals surface area contributed by atoms with Crippen molar-refractivity contribution in [2.75, 3.05) is 31.1 Å². The maximum Gasteiger partial charge on any atom is 0.254 e. The molecule has 0 saturated carbocycles. The highest BCUT2D eigenvalue weighted by Crippen LogP contribution is 2.30. The third kappa shape index (κ3) is 4.38. The molecule has 0 bridgehead atoms. The molecule has 3 aromatic carbocycles. The summed E-state index contributed by atoms with van der Waals surface area (Å²) >= 11 is 0. The molecule has 1 saturated heterocycles. The van der Waals surface area contributed by atoms with E-state index >= 15 is 0 Å². The summed E-state index contributed by atoms with van der Waals surface area (Å²) in [5.74, 6) is 2.27. The second-order valence-electron chi connectivity index (χ2n) is 10.4. The molecule has 0 radical (unpaired) electrons. The molecule has 1 aliphatic heterocycles. The maximum absolute atomic E-state index is 13.5. The fraction of sp³-hybridized carbons (Fsp3) is 0.290. The first-order valence-corrected chi connectivity index (χ1v) is 13.3. The van der Waals surface area contributed by atoms with Crippen LogP contribution in [0.3, 0.4) is 0 Å². The lowest BCUT2D eigenvalue weighted by atomic mass is 10.0. The molecule has 0 aliphatic carbocycles. The summed E-state index contributed by atoms with van der Waals surface area (Å²) in [7, 11) is 0. The van der Waals surface area contributed by atoms with Crippen molar-refractivity contribution < 1.29 is 4.79 Å². The fourth-order valence-electron chi connectivity index (χ4n) is 5.34. The monoisotopic (exact) mass is 504 g/mol. The van der Waals surface area contributed by atoms with Crippen LogP contribution in [0.25, 0.3) is 27.5 Å². The van der Waals surface area contributed by atoms with Gasteiger partial charge in [0.2, 0.25) is 0 Å². The summed E-state index contributed by atoms with van der Waals surface area (Å²) in [6.45, 7) is 9.09. The number of para-hydroxylation sites is 1. The van der Waals surface area contributed by atoms with Crippen LogP contribution in [0.4, 0.5) is 5.82 Å². The lowest BCUT2D eigenvalue weighted by molar-refractivity contribution is 0.0748. The number of benzene rings is 3. The van der Waals surface area contributed by atoms with Crippen molar-refractivity contribution in [2.24, 2.45) is 5.92 Å². The number of rotatable bonds is 5. The summed E-state index contributed by atoms with van der Waals surface area (Å²) in [4.78, 5) is 27.8. The number of carbonyl (C=O) groups is 1. The normalized spacial score (nSPS) is 14.1. The van der Waals surface area contributed by atoms with Crippen LogP contribution in [0.15, 0.2) is 72.8 Å². The highest BCUT2D eigenvalue weighted by molar-refractivity contribution is 6.07. The molecule has 2 aromatic heterocycles. The van der Waals surface area contributed by atoms with Crippen molar-refractivity contribution in [1.82, 2.24) is 24.6 Å². The molecular weight excluding hydrogens is 472 g/mol. The SMILES string of the molecule is Cc1nn(-c2ccccc2)c2nc(CC(C)C)nc(N3CCN(C(=O)c4cccc5ccccc45)CC3)c12. The summed E-state index contributed by atoms with van der Waals surface area (Å²) in [5, 5.41) is 7.94. The molecule has 1 amide bonds. The molecule has 38 heavy (non-hydrogen) atoms. The van der Waals surface area contributed by atoms with Gasteiger partial charge in [0.05, 0.1) is 16.8 Å². The summed E-state index contributed by atoms with van der Waals surface area (Å²) in [6, 6.07) is 24.2. The van der Waals surface area contributed by atoms with Gasteiger partial charge < -0.3 is 9.80 Å². The van der Waals surface area contributed by atoms with Crippen LogP contribution in [-0.4, -0.2) is 56.7 Å². The number of anilines is 1. The van der Waals surface area contributed by atoms with Gasteiger partial charge in [-0.15, -0.1) is 0 Å². The van der Waals surface area contributed by atoms with E-state index in [0.29, 0.717) is 32.1 Å². The van der Waals surface area contributed by atoms with Crippen LogP contribution in [0.1, 0.15) is 35.7 Å². The van der Waals surface area contributed by atoms with Crippen LogP contribution in [0.5, 0.6) is 0 Å². The van der Waals surface area contributed by atoms with Gasteiger partial charge in [-0.2, -0.15) is 5.10 Å². The third-order valence-electron chi connectivity index (χ3n) is 7.21. The zero-order valence-electron chi connectivity index (χ0n) is 22.1. The number of piperazine rings is 1. The van der Waals surface area contributed by atoms with Crippen molar-refractivity contribution in [3.63, 3.8) is 0 Å². The first-order chi connectivity index (χ1) is 18.5. The third-order valence-corrected chi connectivity index (χ3v) is 7.21. The predicted molar refractivity (Wildman–Crippen MR) is 152 cm³/mol. The van der Waals surface area contributed by atoms with Gasteiger partial charge in [-0.1, -0.05) is 68.4 Å². The van der Waals surface area contributed by atoms with Gasteiger partial charge in [0.1, 0.15) is 11.6 Å². The molecule has 7 nitrogen and oxygen atoms in total. The van der Waals surface area contributed by atoms with E-state index in [4.69, 9.17) is 15.1 Å². The van der Waals surface area contributed by atoms with Gasteiger partial charge >= 0.3 is 0 Å². The van der Waals surface area contributed by atoms with E-state index in [-0.39, 0.29) is 5.91 Å². The predicted octanol–water partition coefficient (Wildman–Crippen LogP) is 5.44. The van der Waals surface area contributed by atoms with E-state index in [1.54, 1.807) is 0 Å². The Morgan fingerprint density at radius 1 is 0.868 bits per heavy atom. The quantitative estimate of drug-likeness (QED) is 0.319. The molecule has 7 heteroatoms. The number of hydrogen-bond donors (Lipinski definition) is 0. The molecule has 5 aromatic rings. The van der Waals surface area contributed by atoms with Crippen molar-refractivity contribution >= 4 is 33.5 Å². The highest BCUT2D eigenvalue weighted by Gasteiger charge is 2.27. The first kappa shape index (κ1) is 24.1. The number of nitrogens with zero attached hydrogens (tertiary/aromatic N) is 6. The number of aryl methyl sites for hydroxylation is 1. The van der Waals surface area contributed by atoms with Crippen molar-refractivity contribution in [3.05, 3.63) is 89.9 Å². The van der Waals surface area contributed by atoms with Crippen molar-refractivity contribution in [1.29, 1.82) is 0 Å². The van der Waals surface area contributed by atoms with Gasteiger partial charge in [0.25, 0.3) is 5.91 Å². The number of aromatic nitrogens is 4. The van der Waals surface area contributed by atoms with Crippen molar-refractivity contribution in [2.45, 2.75) is 27.2 Å². The molecule has 1 fully saturated rings. The molecule has 192 valence electrons. The van der Waals surface area contributed by atoms with Crippen LogP contribution in [0, 0.1) is 12.8 Å². The van der Waals surface area contributed by atoms with E-state index in [2.05, 4.69) is 30.9 Å². The average molecular weight is 505 g/mol. The fourth-order valence-corrected chi connectivity index (χ4v) is 5.34. The topological polar surface area (TPSA) is 67.2 Å². The van der Waals surface area contributed by atoms with Crippen LogP contribution in [-0.2, 0) is 6.42 Å². The standard InChI is InChI=1S/C31H32N6O/c1-21(2)20-27-32-29(28-22(3)34-37(30(28)33-27)24-12-5-4-6-13-24)35-16-18-36(19-17-35)31(38)26-15-9-11-23-10-7-8-14-25(23)26/h4-15,21H,16-20H2,1-3H3. The Morgan fingerprint density at radius 2 is 1.58 bits per heavy atom. The molecule has 1 aliphatic rings. The Balaban J connectivity index is 1.32. The molecule has 0 N–H and O–H groups in total. The van der Waals surface area contributed by atoms with E-state index < -0.39 is 0 Å². The first-order valence-electron chi connectivity index (χ1n) is 13.3. The zero-order chi connectivity index (χ0) is 26.2. The van der Waals surface area contributed by atoms with E-state index in [1.807, 2.05) is 77.2 Å². The van der Waals surface area contributed by atoms with E-state index in [9.17, 15) is 4.79 Å². The summed E-state index contributed by atoms with van der Waals surface area (Å²) < 4.78 is 1.93. The number of fused-ring (bicyclic) bond motifs is 2. The molecule has 0 unspecified atom stereocenters. The summed E-state index contributed by atoms with van der Waals surface area (Å²) in [6.07, 6.45) is 0.793. The average Bonchev–Trinajstić information content (AvgIpc) is 3.28. The van der Waals surface area contributed by atoms with E-state index in [0.717, 1.165) is 56.8 Å². The van der Waals surface area contributed by atoms with Crippen LogP contribution in [0.2, 0.25) is 0 Å². The zero-order valence-corrected chi connectivity index (χ0v) is 22.1. The molecule has 6 rings (SSSR count). The number of hydrogen-bond acceptors (Lipinski definition) is 5. The second-order valence-corrected chi connectivity index (χ2v) is 10.4. The maximum atomic E-state index is 13.5. The minimum atomic E-state index is 0.0860. The largest absolute Gasteiger partial charge is 0.352 e. The van der Waals surface area contributed by atoms with Gasteiger partial charge in [0.15, 0.2) is 5.65 Å². The Hall–Kier alpha value is -4.26. The smallest absolute Gasteiger partial charge is 0.254 e. The minimum Gasteiger partial charge on any atom is -0.352 e.